The molecule has 104 valence electrons. The van der Waals surface area contributed by atoms with Crippen molar-refractivity contribution >= 4 is 16.3 Å². The molecule has 2 rings (SSSR count). The quantitative estimate of drug-likeness (QED) is 0.623. The minimum absolute atomic E-state index is 0.0648. The van der Waals surface area contributed by atoms with Crippen LogP contribution in [0.1, 0.15) is 24.8 Å². The van der Waals surface area contributed by atoms with E-state index < -0.39 is 27.8 Å². The summed E-state index contributed by atoms with van der Waals surface area (Å²) in [6.07, 6.45) is -0.836. The third-order valence-electron chi connectivity index (χ3n) is 2.71. The summed E-state index contributed by atoms with van der Waals surface area (Å²) in [6.45, 7) is 3.22. The fraction of sp³-hybridized carbons (Fsp3) is 0.600. The molecule has 0 amide bonds. The molecule has 0 aromatic carbocycles. The van der Waals surface area contributed by atoms with Crippen molar-refractivity contribution in [3.63, 3.8) is 0 Å². The van der Waals surface area contributed by atoms with Gasteiger partial charge >= 0.3 is 5.00 Å². The van der Waals surface area contributed by atoms with Gasteiger partial charge in [-0.05, 0) is 19.9 Å². The Balaban J connectivity index is 2.30. The molecule has 1 fully saturated rings. The minimum atomic E-state index is -1.06. The SMILES string of the molecule is CC1(C)OCC([N+](=O)[O-])C(c2ccc([N+](=O)[O-])s2)O1. The van der Waals surface area contributed by atoms with E-state index in [1.54, 1.807) is 13.8 Å². The lowest BCUT2D eigenvalue weighted by Crippen LogP contribution is -2.47. The number of hydrogen-bond donors (Lipinski definition) is 0. The van der Waals surface area contributed by atoms with E-state index in [1.807, 2.05) is 0 Å². The number of rotatable bonds is 3. The maximum absolute atomic E-state index is 11.0. The first-order chi connectivity index (χ1) is 8.80. The standard InChI is InChI=1S/C10H12N2O6S/c1-10(2)17-5-6(11(13)14)9(18-10)7-3-4-8(19-7)12(15)16/h3-4,6,9H,5H2,1-2H3. The highest BCUT2D eigenvalue weighted by molar-refractivity contribution is 7.15. The highest BCUT2D eigenvalue weighted by Gasteiger charge is 2.45. The van der Waals surface area contributed by atoms with Gasteiger partial charge in [0.1, 0.15) is 6.61 Å². The van der Waals surface area contributed by atoms with E-state index in [0.717, 1.165) is 11.3 Å². The van der Waals surface area contributed by atoms with Crippen LogP contribution in [0.2, 0.25) is 0 Å². The van der Waals surface area contributed by atoms with Crippen LogP contribution in [0, 0.1) is 20.2 Å². The first kappa shape index (κ1) is 13.8. The van der Waals surface area contributed by atoms with Crippen LogP contribution < -0.4 is 0 Å². The van der Waals surface area contributed by atoms with Crippen LogP contribution in [0.3, 0.4) is 0 Å². The van der Waals surface area contributed by atoms with Crippen molar-refractivity contribution in [3.8, 4) is 0 Å². The molecule has 0 spiro atoms. The van der Waals surface area contributed by atoms with Crippen molar-refractivity contribution in [2.45, 2.75) is 31.8 Å². The van der Waals surface area contributed by atoms with E-state index in [1.165, 1.54) is 12.1 Å². The molecule has 8 nitrogen and oxygen atoms in total. The first-order valence-corrected chi connectivity index (χ1v) is 6.31. The molecule has 2 heterocycles. The Kier molecular flexibility index (Phi) is 3.52. The van der Waals surface area contributed by atoms with Crippen LogP contribution in [-0.2, 0) is 9.47 Å². The van der Waals surface area contributed by atoms with Gasteiger partial charge in [0.25, 0.3) is 6.04 Å². The summed E-state index contributed by atoms with van der Waals surface area (Å²) in [7, 11) is 0. The maximum atomic E-state index is 11.0. The van der Waals surface area contributed by atoms with Crippen LogP contribution in [0.15, 0.2) is 12.1 Å². The predicted octanol–water partition coefficient (Wildman–Crippen LogP) is 2.13. The Morgan fingerprint density at radius 1 is 1.37 bits per heavy atom. The molecule has 1 aromatic heterocycles. The van der Waals surface area contributed by atoms with E-state index in [2.05, 4.69) is 0 Å². The molecule has 19 heavy (non-hydrogen) atoms. The summed E-state index contributed by atoms with van der Waals surface area (Å²) in [5.74, 6) is -0.948. The average Bonchev–Trinajstić information content (AvgIpc) is 2.76. The first-order valence-electron chi connectivity index (χ1n) is 5.49. The number of hydrogen-bond acceptors (Lipinski definition) is 7. The summed E-state index contributed by atoms with van der Waals surface area (Å²) < 4.78 is 10.8. The number of thiophene rings is 1. The van der Waals surface area contributed by atoms with Crippen molar-refractivity contribution in [2.75, 3.05) is 6.61 Å². The number of nitro groups is 2. The summed E-state index contributed by atoms with van der Waals surface area (Å²) in [5, 5.41) is 21.6. The Bertz CT molecular complexity index is 514. The van der Waals surface area contributed by atoms with Crippen molar-refractivity contribution in [1.29, 1.82) is 0 Å². The Hall–Kier alpha value is -1.58. The Labute approximate surface area is 112 Å². The molecule has 9 heteroatoms. The monoisotopic (exact) mass is 288 g/mol. The van der Waals surface area contributed by atoms with E-state index in [-0.39, 0.29) is 11.6 Å². The lowest BCUT2D eigenvalue weighted by molar-refractivity contribution is -0.561. The molecule has 2 unspecified atom stereocenters. The molecule has 1 aliphatic rings. The normalized spacial score (nSPS) is 26.0. The van der Waals surface area contributed by atoms with Gasteiger partial charge in [-0.1, -0.05) is 11.3 Å². The number of ether oxygens (including phenoxy) is 2. The van der Waals surface area contributed by atoms with Gasteiger partial charge in [0.2, 0.25) is 0 Å². The summed E-state index contributed by atoms with van der Waals surface area (Å²) in [5.41, 5.74) is 0. The third-order valence-corrected chi connectivity index (χ3v) is 3.80. The molecule has 0 N–H and O–H groups in total. The van der Waals surface area contributed by atoms with E-state index >= 15 is 0 Å². The van der Waals surface area contributed by atoms with Crippen LogP contribution in [0.4, 0.5) is 5.00 Å². The van der Waals surface area contributed by atoms with Crippen molar-refractivity contribution in [2.24, 2.45) is 0 Å². The lowest BCUT2D eigenvalue weighted by Gasteiger charge is -2.36. The molecule has 0 radical (unpaired) electrons. The van der Waals surface area contributed by atoms with E-state index in [0.29, 0.717) is 4.88 Å². The summed E-state index contributed by atoms with van der Waals surface area (Å²) in [4.78, 5) is 21.1. The fourth-order valence-electron chi connectivity index (χ4n) is 1.80. The third kappa shape index (κ3) is 2.88. The van der Waals surface area contributed by atoms with Gasteiger partial charge in [0.05, 0.1) is 4.92 Å². The Morgan fingerprint density at radius 3 is 2.58 bits per heavy atom. The average molecular weight is 288 g/mol. The van der Waals surface area contributed by atoms with Gasteiger partial charge in [0, 0.05) is 15.9 Å². The lowest BCUT2D eigenvalue weighted by atomic mass is 10.1. The van der Waals surface area contributed by atoms with Gasteiger partial charge in [0.15, 0.2) is 11.9 Å². The molecule has 0 saturated carbocycles. The highest BCUT2D eigenvalue weighted by Crippen LogP contribution is 2.39. The van der Waals surface area contributed by atoms with Crippen molar-refractivity contribution in [3.05, 3.63) is 37.2 Å². The van der Waals surface area contributed by atoms with E-state index in [4.69, 9.17) is 9.47 Å². The highest BCUT2D eigenvalue weighted by atomic mass is 32.1. The zero-order valence-electron chi connectivity index (χ0n) is 10.3. The van der Waals surface area contributed by atoms with Crippen LogP contribution >= 0.6 is 11.3 Å². The van der Waals surface area contributed by atoms with Crippen LogP contribution in [0.25, 0.3) is 0 Å². The molecule has 1 aliphatic heterocycles. The molecular formula is C10H12N2O6S. The number of nitrogens with zero attached hydrogens (tertiary/aromatic N) is 2. The van der Waals surface area contributed by atoms with Gasteiger partial charge in [-0.15, -0.1) is 0 Å². The second-order valence-electron chi connectivity index (χ2n) is 4.54. The zero-order valence-corrected chi connectivity index (χ0v) is 11.1. The zero-order chi connectivity index (χ0) is 14.2. The summed E-state index contributed by atoms with van der Waals surface area (Å²) in [6, 6.07) is 1.75. The van der Waals surface area contributed by atoms with Gasteiger partial charge < -0.3 is 9.47 Å². The topological polar surface area (TPSA) is 105 Å². The molecule has 2 atom stereocenters. The Morgan fingerprint density at radius 2 is 2.05 bits per heavy atom. The minimum Gasteiger partial charge on any atom is -0.343 e. The van der Waals surface area contributed by atoms with Gasteiger partial charge in [-0.3, -0.25) is 20.2 Å². The molecule has 0 bridgehead atoms. The van der Waals surface area contributed by atoms with Crippen LogP contribution in [-0.4, -0.2) is 28.3 Å². The summed E-state index contributed by atoms with van der Waals surface area (Å²) >= 11 is 0.885. The smallest absolute Gasteiger partial charge is 0.324 e. The molecule has 1 aromatic rings. The fourth-order valence-corrected chi connectivity index (χ4v) is 2.71. The van der Waals surface area contributed by atoms with Crippen molar-refractivity contribution < 1.29 is 19.3 Å². The van der Waals surface area contributed by atoms with Gasteiger partial charge in [-0.25, -0.2) is 0 Å². The molecule has 1 saturated heterocycles. The van der Waals surface area contributed by atoms with Crippen molar-refractivity contribution in [1.82, 2.24) is 0 Å². The molecular weight excluding hydrogens is 276 g/mol. The molecule has 0 aliphatic carbocycles. The predicted molar refractivity (Wildman–Crippen MR) is 65.6 cm³/mol. The maximum Gasteiger partial charge on any atom is 0.324 e. The van der Waals surface area contributed by atoms with Gasteiger partial charge in [-0.2, -0.15) is 0 Å². The van der Waals surface area contributed by atoms with E-state index in [9.17, 15) is 20.2 Å². The largest absolute Gasteiger partial charge is 0.343 e. The van der Waals surface area contributed by atoms with Crippen LogP contribution in [0.5, 0.6) is 0 Å². The second kappa shape index (κ2) is 4.83. The second-order valence-corrected chi connectivity index (χ2v) is 5.63.